The number of anilines is 1. The number of rotatable bonds is 2. The van der Waals surface area contributed by atoms with E-state index < -0.39 is 6.04 Å². The van der Waals surface area contributed by atoms with Crippen molar-refractivity contribution in [1.82, 2.24) is 19.7 Å². The fraction of sp³-hybridized carbons (Fsp3) is 0.389. The molecule has 2 aliphatic heterocycles. The van der Waals surface area contributed by atoms with Gasteiger partial charge in [-0.2, -0.15) is 10.1 Å². The van der Waals surface area contributed by atoms with Crippen LogP contribution in [0.25, 0.3) is 0 Å². The third-order valence-corrected chi connectivity index (χ3v) is 4.69. The monoisotopic (exact) mass is 357 g/mol. The van der Waals surface area contributed by atoms with E-state index in [-0.39, 0.29) is 11.7 Å². The molecule has 1 fully saturated rings. The van der Waals surface area contributed by atoms with Gasteiger partial charge < -0.3 is 15.0 Å². The van der Waals surface area contributed by atoms with E-state index in [1.807, 2.05) is 6.92 Å². The average Bonchev–Trinajstić information content (AvgIpc) is 3.01. The van der Waals surface area contributed by atoms with Crippen LogP contribution < -0.4 is 5.32 Å². The minimum absolute atomic E-state index is 0.134. The summed E-state index contributed by atoms with van der Waals surface area (Å²) in [6, 6.07) is 5.81. The maximum atomic E-state index is 14.6. The second-order valence-electron chi connectivity index (χ2n) is 6.42. The smallest absolute Gasteiger partial charge is 0.254 e. The number of ether oxygens (including phenoxy) is 1. The maximum absolute atomic E-state index is 14.6. The Morgan fingerprint density at radius 3 is 2.73 bits per heavy atom. The van der Waals surface area contributed by atoms with E-state index in [4.69, 9.17) is 4.74 Å². The van der Waals surface area contributed by atoms with Crippen LogP contribution in [0, 0.1) is 12.7 Å². The topological polar surface area (TPSA) is 72.3 Å². The Labute approximate surface area is 150 Å². The van der Waals surface area contributed by atoms with Crippen molar-refractivity contribution in [3.8, 4) is 0 Å². The summed E-state index contributed by atoms with van der Waals surface area (Å²) >= 11 is 0. The zero-order chi connectivity index (χ0) is 18.3. The second-order valence-corrected chi connectivity index (χ2v) is 6.42. The first-order valence-corrected chi connectivity index (χ1v) is 8.58. The number of aryl methyl sites for hydroxylation is 1. The lowest BCUT2D eigenvalue weighted by Crippen LogP contribution is -2.44. The maximum Gasteiger partial charge on any atom is 0.254 e. The lowest BCUT2D eigenvalue weighted by atomic mass is 9.94. The molecule has 2 aromatic rings. The summed E-state index contributed by atoms with van der Waals surface area (Å²) in [4.78, 5) is 19.4. The molecule has 0 saturated carbocycles. The summed E-state index contributed by atoms with van der Waals surface area (Å²) in [6.45, 7) is 5.62. The highest BCUT2D eigenvalue weighted by Crippen LogP contribution is 2.37. The van der Waals surface area contributed by atoms with Crippen LogP contribution in [0.1, 0.15) is 24.4 Å². The number of carbonyl (C=O) groups excluding carboxylic acids is 1. The molecule has 0 spiro atoms. The Bertz CT molecular complexity index is 885. The SMILES string of the molecule is CC1=C(C(=O)N2CCOCC2)C(c2ccccc2F)n2nc(C)nc2N1. The molecule has 8 heteroatoms. The van der Waals surface area contributed by atoms with E-state index in [1.54, 1.807) is 34.7 Å². The van der Waals surface area contributed by atoms with Gasteiger partial charge in [0.15, 0.2) is 0 Å². The van der Waals surface area contributed by atoms with Crippen LogP contribution in [0.15, 0.2) is 35.5 Å². The van der Waals surface area contributed by atoms with Crippen molar-refractivity contribution in [2.45, 2.75) is 19.9 Å². The fourth-order valence-electron chi connectivity index (χ4n) is 3.46. The largest absolute Gasteiger partial charge is 0.378 e. The minimum atomic E-state index is -0.663. The van der Waals surface area contributed by atoms with Gasteiger partial charge in [-0.05, 0) is 19.9 Å². The number of benzene rings is 1. The first kappa shape index (κ1) is 16.7. The van der Waals surface area contributed by atoms with Gasteiger partial charge in [0.2, 0.25) is 5.95 Å². The minimum Gasteiger partial charge on any atom is -0.378 e. The summed E-state index contributed by atoms with van der Waals surface area (Å²) in [5, 5.41) is 7.55. The van der Waals surface area contributed by atoms with E-state index >= 15 is 0 Å². The summed E-state index contributed by atoms with van der Waals surface area (Å²) in [5.41, 5.74) is 1.54. The number of amides is 1. The predicted octanol–water partition coefficient (Wildman–Crippen LogP) is 1.87. The van der Waals surface area contributed by atoms with Gasteiger partial charge in [-0.1, -0.05) is 18.2 Å². The molecule has 7 nitrogen and oxygen atoms in total. The van der Waals surface area contributed by atoms with Crippen molar-refractivity contribution < 1.29 is 13.9 Å². The number of hydrogen-bond acceptors (Lipinski definition) is 5. The van der Waals surface area contributed by atoms with Crippen molar-refractivity contribution in [2.75, 3.05) is 31.6 Å². The molecule has 3 heterocycles. The summed E-state index contributed by atoms with van der Waals surface area (Å²) in [7, 11) is 0. The molecule has 0 bridgehead atoms. The zero-order valence-electron chi connectivity index (χ0n) is 14.7. The molecule has 4 rings (SSSR count). The summed E-state index contributed by atoms with van der Waals surface area (Å²) < 4.78 is 21.6. The van der Waals surface area contributed by atoms with Gasteiger partial charge in [-0.25, -0.2) is 9.07 Å². The molecule has 1 N–H and O–H groups in total. The van der Waals surface area contributed by atoms with E-state index in [0.29, 0.717) is 54.9 Å². The van der Waals surface area contributed by atoms with Gasteiger partial charge in [-0.15, -0.1) is 0 Å². The van der Waals surface area contributed by atoms with Crippen LogP contribution in [-0.4, -0.2) is 51.9 Å². The number of allylic oxidation sites excluding steroid dienone is 1. The molecule has 26 heavy (non-hydrogen) atoms. The Morgan fingerprint density at radius 1 is 1.27 bits per heavy atom. The van der Waals surface area contributed by atoms with Crippen molar-refractivity contribution >= 4 is 11.9 Å². The Hall–Kier alpha value is -2.74. The average molecular weight is 357 g/mol. The second kappa shape index (κ2) is 6.53. The molecule has 1 atom stereocenters. The highest BCUT2D eigenvalue weighted by atomic mass is 19.1. The molecule has 0 aliphatic carbocycles. The van der Waals surface area contributed by atoms with E-state index in [0.717, 1.165) is 0 Å². The zero-order valence-corrected chi connectivity index (χ0v) is 14.7. The standard InChI is InChI=1S/C18H20FN5O2/c1-11-15(17(25)23-7-9-26-10-8-23)16(13-5-3-4-6-14(13)19)24-18(20-11)21-12(2)22-24/h3-6,16H,7-10H2,1-2H3,(H,20,21,22). The number of hydrogen-bond donors (Lipinski definition) is 1. The van der Waals surface area contributed by atoms with Gasteiger partial charge in [0.25, 0.3) is 5.91 Å². The Morgan fingerprint density at radius 2 is 2.00 bits per heavy atom. The normalized spacial score (nSPS) is 20.0. The molecule has 0 radical (unpaired) electrons. The van der Waals surface area contributed by atoms with Gasteiger partial charge in [0.05, 0.1) is 18.8 Å². The Balaban J connectivity index is 1.84. The molecule has 1 unspecified atom stereocenters. The molecule has 1 aromatic carbocycles. The number of halogens is 1. The van der Waals surface area contributed by atoms with Gasteiger partial charge in [0, 0.05) is 24.4 Å². The third kappa shape index (κ3) is 2.76. The van der Waals surface area contributed by atoms with E-state index in [1.165, 1.54) is 6.07 Å². The van der Waals surface area contributed by atoms with Crippen LogP contribution in [-0.2, 0) is 9.53 Å². The predicted molar refractivity (Wildman–Crippen MR) is 93.0 cm³/mol. The van der Waals surface area contributed by atoms with Crippen LogP contribution >= 0.6 is 0 Å². The van der Waals surface area contributed by atoms with Crippen LogP contribution in [0.5, 0.6) is 0 Å². The summed E-state index contributed by atoms with van der Waals surface area (Å²) in [6.07, 6.45) is 0. The fourth-order valence-corrected chi connectivity index (χ4v) is 3.46. The lowest BCUT2D eigenvalue weighted by Gasteiger charge is -2.33. The first-order chi connectivity index (χ1) is 12.6. The molecule has 2 aliphatic rings. The van der Waals surface area contributed by atoms with E-state index in [9.17, 15) is 9.18 Å². The van der Waals surface area contributed by atoms with E-state index in [2.05, 4.69) is 15.4 Å². The number of morpholine rings is 1. The van der Waals surface area contributed by atoms with Gasteiger partial charge in [0.1, 0.15) is 17.7 Å². The van der Waals surface area contributed by atoms with Crippen molar-refractivity contribution in [3.05, 3.63) is 52.7 Å². The molecule has 136 valence electrons. The van der Waals surface area contributed by atoms with Gasteiger partial charge in [-0.3, -0.25) is 4.79 Å². The number of nitrogens with one attached hydrogen (secondary N) is 1. The highest BCUT2D eigenvalue weighted by molar-refractivity contribution is 5.96. The number of fused-ring (bicyclic) bond motifs is 1. The first-order valence-electron chi connectivity index (χ1n) is 8.58. The third-order valence-electron chi connectivity index (χ3n) is 4.69. The van der Waals surface area contributed by atoms with Crippen LogP contribution in [0.2, 0.25) is 0 Å². The Kier molecular flexibility index (Phi) is 4.20. The molecule has 1 saturated heterocycles. The number of carbonyl (C=O) groups is 1. The van der Waals surface area contributed by atoms with Crippen LogP contribution in [0.3, 0.4) is 0 Å². The van der Waals surface area contributed by atoms with Crippen molar-refractivity contribution in [1.29, 1.82) is 0 Å². The quantitative estimate of drug-likeness (QED) is 0.888. The number of nitrogens with zero attached hydrogens (tertiary/aromatic N) is 4. The molecular formula is C18H20FN5O2. The number of aromatic nitrogens is 3. The van der Waals surface area contributed by atoms with Crippen molar-refractivity contribution in [2.24, 2.45) is 0 Å². The van der Waals surface area contributed by atoms with Crippen LogP contribution in [0.4, 0.5) is 10.3 Å². The molecular weight excluding hydrogens is 337 g/mol. The summed E-state index contributed by atoms with van der Waals surface area (Å²) in [5.74, 6) is 0.553. The van der Waals surface area contributed by atoms with Gasteiger partial charge >= 0.3 is 0 Å². The molecule has 1 amide bonds. The molecule has 1 aromatic heterocycles. The van der Waals surface area contributed by atoms with Crippen molar-refractivity contribution in [3.63, 3.8) is 0 Å². The highest BCUT2D eigenvalue weighted by Gasteiger charge is 2.37. The lowest BCUT2D eigenvalue weighted by molar-refractivity contribution is -0.131.